The fourth-order valence-electron chi connectivity index (χ4n) is 4.77. The van der Waals surface area contributed by atoms with Gasteiger partial charge >= 0.3 is 0 Å². The van der Waals surface area contributed by atoms with Crippen molar-refractivity contribution in [2.45, 2.75) is 52.4 Å². The summed E-state index contributed by atoms with van der Waals surface area (Å²) in [6.45, 7) is 13.6. The summed E-state index contributed by atoms with van der Waals surface area (Å²) in [6, 6.07) is 26.1. The number of fused-ring (bicyclic) bond motifs is 3. The van der Waals surface area contributed by atoms with Crippen LogP contribution in [0, 0.1) is 11.3 Å². The Kier molecular flexibility index (Phi) is 5.29. The van der Waals surface area contributed by atoms with Crippen molar-refractivity contribution in [2.75, 3.05) is 0 Å². The molecule has 5 rings (SSSR count). The van der Waals surface area contributed by atoms with E-state index in [-0.39, 0.29) is 10.8 Å². The molecule has 0 fully saturated rings. The zero-order valence-electron chi connectivity index (χ0n) is 21.3. The molecule has 0 aliphatic rings. The molecule has 0 aliphatic carbocycles. The first-order chi connectivity index (χ1) is 16.6. The number of benzene rings is 3. The van der Waals surface area contributed by atoms with Gasteiger partial charge in [0.15, 0.2) is 0 Å². The second-order valence-electron chi connectivity index (χ2n) is 11.4. The molecule has 3 aromatic carbocycles. The van der Waals surface area contributed by atoms with E-state index in [4.69, 9.17) is 0 Å². The van der Waals surface area contributed by atoms with Gasteiger partial charge in [-0.25, -0.2) is 0 Å². The van der Waals surface area contributed by atoms with Gasteiger partial charge in [0.1, 0.15) is 0 Å². The summed E-state index contributed by atoms with van der Waals surface area (Å²) in [6.07, 6.45) is 3.54. The second kappa shape index (κ2) is 8.10. The van der Waals surface area contributed by atoms with Gasteiger partial charge in [0.05, 0.1) is 22.7 Å². The van der Waals surface area contributed by atoms with Crippen LogP contribution in [0.25, 0.3) is 38.6 Å². The van der Waals surface area contributed by atoms with Crippen LogP contribution in [0.5, 0.6) is 0 Å². The summed E-state index contributed by atoms with van der Waals surface area (Å²) in [5.41, 5.74) is 8.72. The molecule has 0 aliphatic heterocycles. The average Bonchev–Trinajstić information content (AvgIpc) is 3.16. The van der Waals surface area contributed by atoms with Crippen molar-refractivity contribution < 1.29 is 0 Å². The summed E-state index contributed by atoms with van der Waals surface area (Å²) in [4.78, 5) is 4.15. The Hall–Kier alpha value is -3.90. The molecule has 0 saturated heterocycles. The van der Waals surface area contributed by atoms with Gasteiger partial charge in [0, 0.05) is 34.4 Å². The molecule has 174 valence electrons. The number of nitrogens with zero attached hydrogens (tertiary/aromatic N) is 3. The minimum absolute atomic E-state index is 0.0627. The number of pyridine rings is 1. The highest BCUT2D eigenvalue weighted by Crippen LogP contribution is 2.38. The summed E-state index contributed by atoms with van der Waals surface area (Å²) < 4.78 is 2.33. The Morgan fingerprint density at radius 2 is 1.23 bits per heavy atom. The van der Waals surface area contributed by atoms with Crippen molar-refractivity contribution in [2.24, 2.45) is 0 Å². The molecule has 2 aromatic heterocycles. The van der Waals surface area contributed by atoms with Crippen molar-refractivity contribution >= 4 is 21.8 Å². The molecule has 5 aromatic rings. The summed E-state index contributed by atoms with van der Waals surface area (Å²) in [7, 11) is 0. The molecule has 0 radical (unpaired) electrons. The first-order valence-electron chi connectivity index (χ1n) is 12.1. The van der Waals surface area contributed by atoms with Crippen LogP contribution in [0.4, 0.5) is 0 Å². The van der Waals surface area contributed by atoms with Crippen molar-refractivity contribution in [1.29, 1.82) is 5.26 Å². The predicted molar refractivity (Wildman–Crippen MR) is 146 cm³/mol. The highest BCUT2D eigenvalue weighted by atomic mass is 15.0. The Bertz CT molecular complexity index is 1530. The van der Waals surface area contributed by atoms with Crippen LogP contribution >= 0.6 is 0 Å². The third kappa shape index (κ3) is 4.00. The topological polar surface area (TPSA) is 41.6 Å². The number of hydrogen-bond acceptors (Lipinski definition) is 2. The molecule has 2 heterocycles. The first-order valence-corrected chi connectivity index (χ1v) is 12.1. The number of aromatic nitrogens is 2. The van der Waals surface area contributed by atoms with Crippen molar-refractivity contribution in [3.63, 3.8) is 0 Å². The van der Waals surface area contributed by atoms with Gasteiger partial charge in [-0.2, -0.15) is 5.26 Å². The summed E-state index contributed by atoms with van der Waals surface area (Å²) in [5, 5.41) is 12.3. The summed E-state index contributed by atoms with van der Waals surface area (Å²) in [5.74, 6) is 0. The molecule has 0 amide bonds. The zero-order chi connectivity index (χ0) is 25.0. The Morgan fingerprint density at radius 3 is 1.71 bits per heavy atom. The standard InChI is InChI=1S/C32H31N3/c1-31(2,3)23-8-11-29-27(17-23)28-18-24(32(4,5)6)9-12-30(28)35(29)25-10-7-22(20-33)26(19-25)21-13-15-34-16-14-21/h7-19H,1-6H3. The lowest BCUT2D eigenvalue weighted by atomic mass is 9.85. The van der Waals surface area contributed by atoms with Gasteiger partial charge in [0.2, 0.25) is 0 Å². The van der Waals surface area contributed by atoms with Gasteiger partial charge < -0.3 is 4.57 Å². The van der Waals surface area contributed by atoms with Crippen LogP contribution in [-0.4, -0.2) is 9.55 Å². The van der Waals surface area contributed by atoms with E-state index in [2.05, 4.69) is 106 Å². The van der Waals surface area contributed by atoms with Crippen molar-refractivity contribution in [3.8, 4) is 22.9 Å². The van der Waals surface area contributed by atoms with Crippen LogP contribution in [0.2, 0.25) is 0 Å². The fraction of sp³-hybridized carbons (Fsp3) is 0.250. The minimum atomic E-state index is 0.0627. The summed E-state index contributed by atoms with van der Waals surface area (Å²) >= 11 is 0. The molecule has 0 saturated carbocycles. The normalized spacial score (nSPS) is 12.3. The van der Waals surface area contributed by atoms with Gasteiger partial charge in [-0.15, -0.1) is 0 Å². The lowest BCUT2D eigenvalue weighted by Crippen LogP contribution is -2.10. The zero-order valence-corrected chi connectivity index (χ0v) is 21.3. The average molecular weight is 458 g/mol. The van der Waals surface area contributed by atoms with Crippen LogP contribution < -0.4 is 0 Å². The molecule has 0 unspecified atom stereocenters. The largest absolute Gasteiger partial charge is 0.309 e. The lowest BCUT2D eigenvalue weighted by Gasteiger charge is -2.19. The van der Waals surface area contributed by atoms with E-state index in [1.54, 1.807) is 12.4 Å². The van der Waals surface area contributed by atoms with Crippen LogP contribution in [-0.2, 0) is 10.8 Å². The third-order valence-corrected chi connectivity index (χ3v) is 6.87. The highest BCUT2D eigenvalue weighted by Gasteiger charge is 2.21. The van der Waals surface area contributed by atoms with Crippen molar-refractivity contribution in [1.82, 2.24) is 9.55 Å². The van der Waals surface area contributed by atoms with Crippen molar-refractivity contribution in [3.05, 3.63) is 95.8 Å². The number of rotatable bonds is 2. The maximum Gasteiger partial charge on any atom is 0.0998 e. The Morgan fingerprint density at radius 1 is 0.686 bits per heavy atom. The molecule has 35 heavy (non-hydrogen) atoms. The number of nitriles is 1. The van der Waals surface area contributed by atoms with E-state index in [9.17, 15) is 5.26 Å². The van der Waals surface area contributed by atoms with E-state index < -0.39 is 0 Å². The molecule has 3 nitrogen and oxygen atoms in total. The maximum atomic E-state index is 9.79. The van der Waals surface area contributed by atoms with Gasteiger partial charge in [-0.1, -0.05) is 53.7 Å². The smallest absolute Gasteiger partial charge is 0.0998 e. The number of hydrogen-bond donors (Lipinski definition) is 0. The highest BCUT2D eigenvalue weighted by molar-refractivity contribution is 6.10. The van der Waals surface area contributed by atoms with Crippen LogP contribution in [0.3, 0.4) is 0 Å². The predicted octanol–water partition coefficient (Wildman–Crippen LogP) is 8.31. The third-order valence-electron chi connectivity index (χ3n) is 6.87. The monoisotopic (exact) mass is 457 g/mol. The molecular weight excluding hydrogens is 426 g/mol. The second-order valence-corrected chi connectivity index (χ2v) is 11.4. The first kappa shape index (κ1) is 22.9. The van der Waals surface area contributed by atoms with Gasteiger partial charge in [-0.3, -0.25) is 4.98 Å². The van der Waals surface area contributed by atoms with E-state index in [1.807, 2.05) is 18.2 Å². The molecular formula is C32H31N3. The molecule has 0 atom stereocenters. The molecule has 0 spiro atoms. The van der Waals surface area contributed by atoms with Gasteiger partial charge in [-0.05, 0) is 82.1 Å². The SMILES string of the molecule is CC(C)(C)c1ccc2c(c1)c1cc(C(C)(C)C)ccc1n2-c1ccc(C#N)c(-c2ccncc2)c1. The van der Waals surface area contributed by atoms with E-state index in [1.165, 1.54) is 32.9 Å². The van der Waals surface area contributed by atoms with Gasteiger partial charge in [0.25, 0.3) is 0 Å². The van der Waals surface area contributed by atoms with E-state index in [0.717, 1.165) is 16.8 Å². The van der Waals surface area contributed by atoms with E-state index >= 15 is 0 Å². The van der Waals surface area contributed by atoms with E-state index in [0.29, 0.717) is 5.56 Å². The van der Waals surface area contributed by atoms with Crippen LogP contribution in [0.1, 0.15) is 58.2 Å². The maximum absolute atomic E-state index is 9.79. The molecule has 0 N–H and O–H groups in total. The van der Waals surface area contributed by atoms with Crippen LogP contribution in [0.15, 0.2) is 79.1 Å². The Balaban J connectivity index is 1.85. The quantitative estimate of drug-likeness (QED) is 0.267. The lowest BCUT2D eigenvalue weighted by molar-refractivity contribution is 0.590. The Labute approximate surface area is 207 Å². The fourth-order valence-corrected chi connectivity index (χ4v) is 4.77. The minimum Gasteiger partial charge on any atom is -0.309 e. The molecule has 0 bridgehead atoms. The molecule has 3 heteroatoms.